The number of halogens is 1. The Hall–Kier alpha value is -2.49. The van der Waals surface area contributed by atoms with E-state index in [1.165, 1.54) is 0 Å². The van der Waals surface area contributed by atoms with Crippen LogP contribution in [0.15, 0.2) is 48.5 Å². The smallest absolute Gasteiger partial charge is 0.320 e. The standard InChI is InChI=1S/C25H32FN3O4S/c1-28(14-15-33-2)24(30)29-17-25(12-13-25)23(27-34(3,31)32)21(29)16-19-10-7-11-20(22(19)26)18-8-5-4-6-9-18/h4-11,21,23,27H,12-17H2,1-3H3/t21-,23+/m0/s1. The van der Waals surface area contributed by atoms with Gasteiger partial charge >= 0.3 is 6.03 Å². The Morgan fingerprint density at radius 1 is 1.21 bits per heavy atom. The van der Waals surface area contributed by atoms with Gasteiger partial charge in [0.2, 0.25) is 10.0 Å². The van der Waals surface area contributed by atoms with Gasteiger partial charge in [-0.2, -0.15) is 0 Å². The summed E-state index contributed by atoms with van der Waals surface area (Å²) >= 11 is 0. The number of hydrogen-bond donors (Lipinski definition) is 1. The number of hydrogen-bond acceptors (Lipinski definition) is 4. The van der Waals surface area contributed by atoms with E-state index in [4.69, 9.17) is 4.74 Å². The summed E-state index contributed by atoms with van der Waals surface area (Å²) in [5.74, 6) is -0.344. The first kappa shape index (κ1) is 24.6. The van der Waals surface area contributed by atoms with Gasteiger partial charge < -0.3 is 14.5 Å². The van der Waals surface area contributed by atoms with Crippen LogP contribution in [0.3, 0.4) is 0 Å². The van der Waals surface area contributed by atoms with Crippen LogP contribution in [-0.2, 0) is 21.2 Å². The molecule has 4 rings (SSSR count). The highest BCUT2D eigenvalue weighted by Gasteiger charge is 2.61. The van der Waals surface area contributed by atoms with E-state index < -0.39 is 22.1 Å². The van der Waals surface area contributed by atoms with Gasteiger partial charge in [0.25, 0.3) is 0 Å². The van der Waals surface area contributed by atoms with Crippen LogP contribution in [0.2, 0.25) is 0 Å². The number of ether oxygens (including phenoxy) is 1. The molecule has 7 nitrogen and oxygen atoms in total. The second-order valence-corrected chi connectivity index (χ2v) is 11.3. The maximum Gasteiger partial charge on any atom is 0.320 e. The predicted octanol–water partition coefficient (Wildman–Crippen LogP) is 3.12. The molecular formula is C25H32FN3O4S. The van der Waals surface area contributed by atoms with Gasteiger partial charge in [-0.3, -0.25) is 0 Å². The van der Waals surface area contributed by atoms with Crippen molar-refractivity contribution >= 4 is 16.1 Å². The van der Waals surface area contributed by atoms with E-state index >= 15 is 4.39 Å². The van der Waals surface area contributed by atoms with Gasteiger partial charge in [0.1, 0.15) is 5.82 Å². The monoisotopic (exact) mass is 489 g/mol. The Balaban J connectivity index is 1.69. The van der Waals surface area contributed by atoms with E-state index in [0.717, 1.165) is 24.7 Å². The zero-order chi connectivity index (χ0) is 24.5. The molecule has 1 aliphatic heterocycles. The Kier molecular flexibility index (Phi) is 6.98. The number of likely N-dealkylation sites (tertiary alicyclic amines) is 1. The molecule has 2 atom stereocenters. The van der Waals surface area contributed by atoms with Crippen LogP contribution in [-0.4, -0.2) is 76.4 Å². The van der Waals surface area contributed by atoms with Crippen LogP contribution in [0.25, 0.3) is 11.1 Å². The summed E-state index contributed by atoms with van der Waals surface area (Å²) in [4.78, 5) is 16.7. The summed E-state index contributed by atoms with van der Waals surface area (Å²) < 4.78 is 48.0. The van der Waals surface area contributed by atoms with E-state index in [0.29, 0.717) is 30.8 Å². The van der Waals surface area contributed by atoms with Crippen molar-refractivity contribution in [1.82, 2.24) is 14.5 Å². The van der Waals surface area contributed by atoms with Gasteiger partial charge in [0.05, 0.1) is 18.9 Å². The van der Waals surface area contributed by atoms with Crippen LogP contribution in [0.5, 0.6) is 0 Å². The van der Waals surface area contributed by atoms with E-state index in [1.807, 2.05) is 30.3 Å². The molecule has 2 amide bonds. The van der Waals surface area contributed by atoms with Gasteiger partial charge in [-0.25, -0.2) is 22.3 Å². The molecule has 9 heteroatoms. The van der Waals surface area contributed by atoms with Gasteiger partial charge in [-0.05, 0) is 30.4 Å². The SMILES string of the molecule is COCCN(C)C(=O)N1CC2(CC2)[C@H](NS(C)(=O)=O)[C@@H]1Cc1cccc(-c2ccccc2)c1F. The fourth-order valence-corrected chi connectivity index (χ4v) is 5.86. The molecular weight excluding hydrogens is 457 g/mol. The maximum absolute atomic E-state index is 15.7. The van der Waals surface area contributed by atoms with E-state index in [2.05, 4.69) is 4.72 Å². The average Bonchev–Trinajstić information content (AvgIpc) is 3.53. The second-order valence-electron chi connectivity index (χ2n) is 9.47. The zero-order valence-corrected chi connectivity index (χ0v) is 20.6. The maximum atomic E-state index is 15.7. The minimum Gasteiger partial charge on any atom is -0.383 e. The number of rotatable bonds is 8. The lowest BCUT2D eigenvalue weighted by molar-refractivity contribution is 0.130. The lowest BCUT2D eigenvalue weighted by Gasteiger charge is -2.32. The zero-order valence-electron chi connectivity index (χ0n) is 19.8. The fraction of sp³-hybridized carbons (Fsp3) is 0.480. The lowest BCUT2D eigenvalue weighted by Crippen LogP contribution is -2.52. The first-order valence-corrected chi connectivity index (χ1v) is 13.4. The summed E-state index contributed by atoms with van der Waals surface area (Å²) in [7, 11) is -0.249. The van der Waals surface area contributed by atoms with Gasteiger partial charge in [-0.1, -0.05) is 48.5 Å². The molecule has 1 spiro atoms. The summed E-state index contributed by atoms with van der Waals surface area (Å²) in [5.41, 5.74) is 1.41. The molecule has 0 aromatic heterocycles. The Morgan fingerprint density at radius 3 is 2.53 bits per heavy atom. The second kappa shape index (κ2) is 9.64. The molecule has 1 heterocycles. The number of urea groups is 1. The first-order chi connectivity index (χ1) is 16.1. The first-order valence-electron chi connectivity index (χ1n) is 11.5. The molecule has 1 saturated carbocycles. The van der Waals surface area contributed by atoms with Crippen LogP contribution >= 0.6 is 0 Å². The molecule has 0 bridgehead atoms. The summed E-state index contributed by atoms with van der Waals surface area (Å²) in [6, 6.07) is 13.4. The largest absolute Gasteiger partial charge is 0.383 e. The van der Waals surface area contributed by atoms with Crippen LogP contribution in [0, 0.1) is 11.2 Å². The van der Waals surface area contributed by atoms with Crippen molar-refractivity contribution in [2.24, 2.45) is 5.41 Å². The highest BCUT2D eigenvalue weighted by molar-refractivity contribution is 7.88. The van der Waals surface area contributed by atoms with Crippen molar-refractivity contribution in [3.8, 4) is 11.1 Å². The molecule has 2 aromatic rings. The molecule has 2 aliphatic rings. The molecule has 2 aromatic carbocycles. The van der Waals surface area contributed by atoms with Crippen molar-refractivity contribution in [3.05, 3.63) is 59.9 Å². The molecule has 1 N–H and O–H groups in total. The minimum absolute atomic E-state index is 0.203. The summed E-state index contributed by atoms with van der Waals surface area (Å²) in [5, 5.41) is 0. The number of carbonyl (C=O) groups excluding carboxylic acids is 1. The van der Waals surface area contributed by atoms with Crippen LogP contribution < -0.4 is 4.72 Å². The molecule has 2 fully saturated rings. The van der Waals surface area contributed by atoms with Gasteiger partial charge in [-0.15, -0.1) is 0 Å². The number of methoxy groups -OCH3 is 1. The Labute approximate surface area is 200 Å². The minimum atomic E-state index is -3.52. The summed E-state index contributed by atoms with van der Waals surface area (Å²) in [6.07, 6.45) is 3.00. The number of amides is 2. The van der Waals surface area contributed by atoms with Gasteiger partial charge in [0, 0.05) is 44.3 Å². The van der Waals surface area contributed by atoms with Crippen molar-refractivity contribution in [3.63, 3.8) is 0 Å². The number of nitrogens with one attached hydrogen (secondary N) is 1. The lowest BCUT2D eigenvalue weighted by atomic mass is 9.91. The van der Waals surface area contributed by atoms with Crippen LogP contribution in [0.4, 0.5) is 9.18 Å². The van der Waals surface area contributed by atoms with Gasteiger partial charge in [0.15, 0.2) is 0 Å². The van der Waals surface area contributed by atoms with E-state index in [1.54, 1.807) is 42.2 Å². The molecule has 1 saturated heterocycles. The average molecular weight is 490 g/mol. The fourth-order valence-electron chi connectivity index (χ4n) is 4.99. The molecule has 0 radical (unpaired) electrons. The Morgan fingerprint density at radius 2 is 1.91 bits per heavy atom. The third kappa shape index (κ3) is 5.11. The normalized spacial score (nSPS) is 21.1. The summed E-state index contributed by atoms with van der Waals surface area (Å²) in [6.45, 7) is 1.25. The number of carbonyl (C=O) groups is 1. The van der Waals surface area contributed by atoms with Crippen molar-refractivity contribution < 1.29 is 22.3 Å². The quantitative estimate of drug-likeness (QED) is 0.618. The van der Waals surface area contributed by atoms with E-state index in [9.17, 15) is 13.2 Å². The van der Waals surface area contributed by atoms with Crippen molar-refractivity contribution in [2.45, 2.75) is 31.3 Å². The highest BCUT2D eigenvalue weighted by Crippen LogP contribution is 2.55. The number of nitrogens with zero attached hydrogens (tertiary/aromatic N) is 2. The molecule has 184 valence electrons. The topological polar surface area (TPSA) is 79.0 Å². The predicted molar refractivity (Wildman–Crippen MR) is 129 cm³/mol. The highest BCUT2D eigenvalue weighted by atomic mass is 32.2. The van der Waals surface area contributed by atoms with Crippen molar-refractivity contribution in [1.29, 1.82) is 0 Å². The number of likely N-dealkylation sites (N-methyl/N-ethyl adjacent to an activating group) is 1. The molecule has 34 heavy (non-hydrogen) atoms. The number of sulfonamides is 1. The van der Waals surface area contributed by atoms with Crippen molar-refractivity contribution in [2.75, 3.05) is 40.1 Å². The molecule has 1 aliphatic carbocycles. The Bertz CT molecular complexity index is 1140. The van der Waals surface area contributed by atoms with Crippen LogP contribution in [0.1, 0.15) is 18.4 Å². The third-order valence-corrected chi connectivity index (χ3v) is 7.64. The molecule has 0 unspecified atom stereocenters. The third-order valence-electron chi connectivity index (χ3n) is 6.96. The van der Waals surface area contributed by atoms with E-state index in [-0.39, 0.29) is 23.7 Å². The number of benzene rings is 2.